The number of benzene rings is 3. The van der Waals surface area contributed by atoms with Gasteiger partial charge in [-0.05, 0) is 54.1 Å². The molecule has 0 spiro atoms. The van der Waals surface area contributed by atoms with Gasteiger partial charge in [0, 0.05) is 10.6 Å². The molecular formula is C27H19ClN2O6S. The van der Waals surface area contributed by atoms with E-state index < -0.39 is 17.7 Å². The van der Waals surface area contributed by atoms with Crippen molar-refractivity contribution in [3.8, 4) is 17.2 Å². The van der Waals surface area contributed by atoms with Crippen LogP contribution < -0.4 is 19.1 Å². The zero-order valence-corrected chi connectivity index (χ0v) is 21.0. The molecule has 1 saturated heterocycles. The summed E-state index contributed by atoms with van der Waals surface area (Å²) in [5.41, 5.74) is 1.53. The van der Waals surface area contributed by atoms with Gasteiger partial charge in [-0.1, -0.05) is 35.1 Å². The van der Waals surface area contributed by atoms with Crippen molar-refractivity contribution in [1.29, 1.82) is 0 Å². The molecule has 4 aromatic rings. The molecule has 0 aliphatic carbocycles. The van der Waals surface area contributed by atoms with Gasteiger partial charge in [0.15, 0.2) is 16.6 Å². The highest BCUT2D eigenvalue weighted by Crippen LogP contribution is 2.45. The fourth-order valence-corrected chi connectivity index (χ4v) is 5.61. The maximum Gasteiger partial charge on any atom is 0.301 e. The lowest BCUT2D eigenvalue weighted by molar-refractivity contribution is -0.132. The Morgan fingerprint density at radius 3 is 2.57 bits per heavy atom. The lowest BCUT2D eigenvalue weighted by Gasteiger charge is -2.23. The van der Waals surface area contributed by atoms with Gasteiger partial charge in [0.25, 0.3) is 5.78 Å². The standard InChI is InChI=1S/C27H19ClN2O6S/c1-34-17-7-8-18-21(13-17)37-27(29-18)30-23(14-2-5-16(28)6-3-14)22(25(32)26(30)33)24(31)15-4-9-19-20(12-15)36-11-10-35-19/h2-9,12-13,23,31H,10-11H2,1H3/b24-22+. The number of nitrogens with zero attached hydrogens (tertiary/aromatic N) is 2. The van der Waals surface area contributed by atoms with Crippen molar-refractivity contribution in [2.24, 2.45) is 0 Å². The predicted molar refractivity (Wildman–Crippen MR) is 140 cm³/mol. The first-order chi connectivity index (χ1) is 17.9. The summed E-state index contributed by atoms with van der Waals surface area (Å²) in [4.78, 5) is 32.8. The lowest BCUT2D eigenvalue weighted by Crippen LogP contribution is -2.29. The number of carbonyl (C=O) groups is 2. The number of aromatic nitrogens is 1. The average Bonchev–Trinajstić information content (AvgIpc) is 3.46. The SMILES string of the molecule is COc1ccc2nc(N3C(=O)C(=O)/C(=C(/O)c4ccc5c(c4)OCCO5)C3c3ccc(Cl)cc3)sc2c1. The van der Waals surface area contributed by atoms with Crippen LogP contribution in [0.15, 0.2) is 66.2 Å². The van der Waals surface area contributed by atoms with Crippen LogP contribution in [0.3, 0.4) is 0 Å². The van der Waals surface area contributed by atoms with E-state index in [4.69, 9.17) is 25.8 Å². The molecule has 1 N–H and O–H groups in total. The number of carbonyl (C=O) groups excluding carboxylic acids is 2. The van der Waals surface area contributed by atoms with Gasteiger partial charge in [-0.25, -0.2) is 4.98 Å². The first-order valence-corrected chi connectivity index (χ1v) is 12.5. The van der Waals surface area contributed by atoms with Crippen LogP contribution in [-0.2, 0) is 9.59 Å². The molecule has 6 rings (SSSR count). The van der Waals surface area contributed by atoms with Gasteiger partial charge < -0.3 is 19.3 Å². The second-order valence-corrected chi connectivity index (χ2v) is 9.85. The Labute approximate surface area is 220 Å². The summed E-state index contributed by atoms with van der Waals surface area (Å²) >= 11 is 7.37. The van der Waals surface area contributed by atoms with Crippen molar-refractivity contribution in [2.75, 3.05) is 25.2 Å². The number of amides is 1. The van der Waals surface area contributed by atoms with Gasteiger partial charge in [-0.2, -0.15) is 0 Å². The summed E-state index contributed by atoms with van der Waals surface area (Å²) < 4.78 is 17.3. The molecule has 0 radical (unpaired) electrons. The normalized spacial score (nSPS) is 18.4. The molecule has 1 amide bonds. The van der Waals surface area contributed by atoms with Crippen molar-refractivity contribution in [2.45, 2.75) is 6.04 Å². The van der Waals surface area contributed by atoms with Gasteiger partial charge in [0.05, 0.1) is 28.9 Å². The number of thiazole rings is 1. The molecule has 0 bridgehead atoms. The minimum Gasteiger partial charge on any atom is -0.507 e. The minimum absolute atomic E-state index is 0.0548. The molecule has 1 atom stereocenters. The van der Waals surface area contributed by atoms with Gasteiger partial charge in [0.2, 0.25) is 0 Å². The second kappa shape index (κ2) is 9.10. The molecule has 2 aliphatic rings. The van der Waals surface area contributed by atoms with E-state index in [0.717, 1.165) is 4.70 Å². The summed E-state index contributed by atoms with van der Waals surface area (Å²) in [7, 11) is 1.57. The molecule has 8 nitrogen and oxygen atoms in total. The van der Waals surface area contributed by atoms with E-state index in [1.807, 2.05) is 6.07 Å². The minimum atomic E-state index is -0.923. The maximum atomic E-state index is 13.4. The number of hydrogen-bond donors (Lipinski definition) is 1. The molecule has 3 heterocycles. The summed E-state index contributed by atoms with van der Waals surface area (Å²) in [6.45, 7) is 0.794. The highest BCUT2D eigenvalue weighted by atomic mass is 35.5. The molecule has 1 fully saturated rings. The van der Waals surface area contributed by atoms with E-state index in [1.165, 1.54) is 16.2 Å². The number of methoxy groups -OCH3 is 1. The van der Waals surface area contributed by atoms with E-state index in [1.54, 1.807) is 61.7 Å². The van der Waals surface area contributed by atoms with Crippen LogP contribution in [0.25, 0.3) is 16.0 Å². The summed E-state index contributed by atoms with van der Waals surface area (Å²) in [6, 6.07) is 16.1. The van der Waals surface area contributed by atoms with Crippen LogP contribution in [0.4, 0.5) is 5.13 Å². The Morgan fingerprint density at radius 1 is 1.05 bits per heavy atom. The van der Waals surface area contributed by atoms with Crippen molar-refractivity contribution in [3.05, 3.63) is 82.4 Å². The number of aliphatic hydroxyl groups excluding tert-OH is 1. The first-order valence-electron chi connectivity index (χ1n) is 11.4. The van der Waals surface area contributed by atoms with E-state index >= 15 is 0 Å². The third-order valence-corrected chi connectivity index (χ3v) is 7.51. The number of aliphatic hydroxyl groups is 1. The van der Waals surface area contributed by atoms with Crippen LogP contribution in [0.5, 0.6) is 17.2 Å². The average molecular weight is 535 g/mol. The Morgan fingerprint density at radius 2 is 1.81 bits per heavy atom. The number of ketones is 1. The Hall–Kier alpha value is -4.08. The van der Waals surface area contributed by atoms with Crippen LogP contribution in [0.2, 0.25) is 5.02 Å². The largest absolute Gasteiger partial charge is 0.507 e. The summed E-state index contributed by atoms with van der Waals surface area (Å²) in [5.74, 6) is -0.275. The van der Waals surface area contributed by atoms with Gasteiger partial charge in [-0.3, -0.25) is 14.5 Å². The predicted octanol–water partition coefficient (Wildman–Crippen LogP) is 5.36. The molecule has 1 unspecified atom stereocenters. The van der Waals surface area contributed by atoms with Crippen molar-refractivity contribution >= 4 is 55.7 Å². The number of fused-ring (bicyclic) bond motifs is 2. The Balaban J connectivity index is 1.52. The van der Waals surface area contributed by atoms with Gasteiger partial charge in [-0.15, -0.1) is 0 Å². The zero-order chi connectivity index (χ0) is 25.7. The van der Waals surface area contributed by atoms with E-state index in [9.17, 15) is 14.7 Å². The number of anilines is 1. The van der Waals surface area contributed by atoms with Crippen LogP contribution in [0, 0.1) is 0 Å². The lowest BCUT2D eigenvalue weighted by atomic mass is 9.95. The fraction of sp³-hybridized carbons (Fsp3) is 0.148. The number of Topliss-reactive ketones (excluding diaryl/α,β-unsaturated/α-hetero) is 1. The number of rotatable bonds is 4. The van der Waals surface area contributed by atoms with E-state index in [-0.39, 0.29) is 11.3 Å². The number of halogens is 1. The van der Waals surface area contributed by atoms with E-state index in [0.29, 0.717) is 57.3 Å². The van der Waals surface area contributed by atoms with Crippen molar-refractivity contribution in [3.63, 3.8) is 0 Å². The Bertz CT molecular complexity index is 1600. The first kappa shape index (κ1) is 23.3. The van der Waals surface area contributed by atoms with Crippen molar-refractivity contribution in [1.82, 2.24) is 4.98 Å². The third kappa shape index (κ3) is 3.96. The second-order valence-electron chi connectivity index (χ2n) is 8.41. The van der Waals surface area contributed by atoms with Gasteiger partial charge >= 0.3 is 5.91 Å². The molecular weight excluding hydrogens is 516 g/mol. The topological polar surface area (TPSA) is 98.2 Å². The number of hydrogen-bond acceptors (Lipinski definition) is 8. The van der Waals surface area contributed by atoms with Crippen LogP contribution in [-0.4, -0.2) is 42.1 Å². The highest BCUT2D eigenvalue weighted by Gasteiger charge is 2.48. The molecule has 0 saturated carbocycles. The Kier molecular flexibility index (Phi) is 5.73. The van der Waals surface area contributed by atoms with Gasteiger partial charge in [0.1, 0.15) is 24.7 Å². The smallest absolute Gasteiger partial charge is 0.301 e. The van der Waals surface area contributed by atoms with Crippen LogP contribution in [0.1, 0.15) is 17.2 Å². The quantitative estimate of drug-likeness (QED) is 0.214. The highest BCUT2D eigenvalue weighted by molar-refractivity contribution is 7.22. The summed E-state index contributed by atoms with van der Waals surface area (Å²) in [5, 5.41) is 12.2. The molecule has 3 aromatic carbocycles. The summed E-state index contributed by atoms with van der Waals surface area (Å²) in [6.07, 6.45) is 0. The molecule has 1 aromatic heterocycles. The van der Waals surface area contributed by atoms with E-state index in [2.05, 4.69) is 4.98 Å². The molecule has 186 valence electrons. The monoisotopic (exact) mass is 534 g/mol. The third-order valence-electron chi connectivity index (χ3n) is 6.24. The molecule has 10 heteroatoms. The van der Waals surface area contributed by atoms with Crippen LogP contribution >= 0.6 is 22.9 Å². The fourth-order valence-electron chi connectivity index (χ4n) is 4.46. The van der Waals surface area contributed by atoms with Crippen molar-refractivity contribution < 1.29 is 28.9 Å². The number of ether oxygens (including phenoxy) is 3. The molecule has 2 aliphatic heterocycles. The molecule has 37 heavy (non-hydrogen) atoms. The zero-order valence-electron chi connectivity index (χ0n) is 19.4. The maximum absolute atomic E-state index is 13.4.